The Kier molecular flexibility index (Phi) is 9.98. The molecule has 1 aromatic heterocycles. The van der Waals surface area contributed by atoms with Crippen molar-refractivity contribution in [2.24, 2.45) is 4.99 Å². The maximum Gasteiger partial charge on any atom is 0.191 e. The first-order chi connectivity index (χ1) is 11.3. The predicted molar refractivity (Wildman–Crippen MR) is 108 cm³/mol. The fourth-order valence-electron chi connectivity index (χ4n) is 2.17. The minimum Gasteiger partial charge on any atom is -0.494 e. The second-order valence-electron chi connectivity index (χ2n) is 5.03. The summed E-state index contributed by atoms with van der Waals surface area (Å²) in [6.45, 7) is 6.92. The zero-order chi connectivity index (χ0) is 16.3. The molecule has 0 saturated carbocycles. The number of rotatable bonds is 8. The fourth-order valence-corrected chi connectivity index (χ4v) is 2.17. The Labute approximate surface area is 160 Å². The van der Waals surface area contributed by atoms with Crippen molar-refractivity contribution in [1.82, 2.24) is 10.6 Å². The van der Waals surface area contributed by atoms with Gasteiger partial charge in [-0.3, -0.25) is 0 Å². The molecule has 0 atom stereocenters. The maximum absolute atomic E-state index is 5.52. The molecule has 2 N–H and O–H groups in total. The van der Waals surface area contributed by atoms with E-state index in [4.69, 9.17) is 9.15 Å². The van der Waals surface area contributed by atoms with Crippen LogP contribution in [0.4, 0.5) is 0 Å². The summed E-state index contributed by atoms with van der Waals surface area (Å²) in [6, 6.07) is 11.9. The molecule has 0 spiro atoms. The van der Waals surface area contributed by atoms with Crippen molar-refractivity contribution in [3.63, 3.8) is 0 Å². The Morgan fingerprint density at radius 3 is 2.75 bits per heavy atom. The van der Waals surface area contributed by atoms with Gasteiger partial charge in [0, 0.05) is 19.5 Å². The Bertz CT molecular complexity index is 600. The average molecular weight is 443 g/mol. The van der Waals surface area contributed by atoms with Crippen molar-refractivity contribution in [2.45, 2.75) is 26.8 Å². The van der Waals surface area contributed by atoms with Crippen LogP contribution in [0.5, 0.6) is 5.75 Å². The van der Waals surface area contributed by atoms with Crippen molar-refractivity contribution < 1.29 is 9.15 Å². The van der Waals surface area contributed by atoms with Crippen molar-refractivity contribution in [3.8, 4) is 5.75 Å². The molecule has 0 bridgehead atoms. The molecule has 0 aliphatic heterocycles. The quantitative estimate of drug-likeness (QED) is 0.372. The van der Waals surface area contributed by atoms with E-state index in [-0.39, 0.29) is 24.0 Å². The standard InChI is InChI=1S/C18H25N3O2.HI/c1-3-19-18(20-11-10-16-9-6-12-23-16)21-14-15-7-5-8-17(13-15)22-4-2;/h5-9,12-13H,3-4,10-11,14H2,1-2H3,(H2,19,20,21);1H. The summed E-state index contributed by atoms with van der Waals surface area (Å²) in [5.41, 5.74) is 1.12. The number of guanidine groups is 1. The van der Waals surface area contributed by atoms with Gasteiger partial charge in [-0.1, -0.05) is 12.1 Å². The van der Waals surface area contributed by atoms with Gasteiger partial charge in [0.25, 0.3) is 0 Å². The SMILES string of the molecule is CCNC(=NCc1cccc(OCC)c1)NCCc1ccco1.I. The molecule has 2 rings (SSSR count). The molecular formula is C18H26IN3O2. The van der Waals surface area contributed by atoms with Crippen molar-refractivity contribution >= 4 is 29.9 Å². The van der Waals surface area contributed by atoms with Crippen LogP contribution in [0.2, 0.25) is 0 Å². The summed E-state index contributed by atoms with van der Waals surface area (Å²) in [4.78, 5) is 4.61. The van der Waals surface area contributed by atoms with E-state index in [9.17, 15) is 0 Å². The number of hydrogen-bond acceptors (Lipinski definition) is 3. The maximum atomic E-state index is 5.52. The minimum absolute atomic E-state index is 0. The molecule has 6 heteroatoms. The third-order valence-electron chi connectivity index (χ3n) is 3.22. The molecule has 132 valence electrons. The smallest absolute Gasteiger partial charge is 0.191 e. The zero-order valence-corrected chi connectivity index (χ0v) is 16.6. The molecule has 0 amide bonds. The summed E-state index contributed by atoms with van der Waals surface area (Å²) < 4.78 is 10.8. The largest absolute Gasteiger partial charge is 0.494 e. The lowest BCUT2D eigenvalue weighted by atomic mass is 10.2. The van der Waals surface area contributed by atoms with Gasteiger partial charge in [-0.25, -0.2) is 4.99 Å². The van der Waals surface area contributed by atoms with E-state index in [2.05, 4.69) is 28.6 Å². The normalized spacial score (nSPS) is 10.8. The van der Waals surface area contributed by atoms with Gasteiger partial charge in [-0.05, 0) is 43.7 Å². The van der Waals surface area contributed by atoms with Gasteiger partial charge in [-0.15, -0.1) is 24.0 Å². The molecule has 0 aliphatic carbocycles. The monoisotopic (exact) mass is 443 g/mol. The molecule has 0 unspecified atom stereocenters. The topological polar surface area (TPSA) is 58.8 Å². The highest BCUT2D eigenvalue weighted by molar-refractivity contribution is 14.0. The molecule has 0 saturated heterocycles. The summed E-state index contributed by atoms with van der Waals surface area (Å²) in [6.07, 6.45) is 2.53. The Hall–Kier alpha value is -1.70. The summed E-state index contributed by atoms with van der Waals surface area (Å²) in [5.74, 6) is 2.66. The number of ether oxygens (including phenoxy) is 1. The third-order valence-corrected chi connectivity index (χ3v) is 3.22. The molecule has 1 heterocycles. The van der Waals surface area contributed by atoms with Gasteiger partial charge in [0.1, 0.15) is 11.5 Å². The highest BCUT2D eigenvalue weighted by Gasteiger charge is 2.00. The third kappa shape index (κ3) is 7.25. The molecule has 2 aromatic rings. The average Bonchev–Trinajstić information content (AvgIpc) is 3.07. The van der Waals surface area contributed by atoms with Crippen LogP contribution in [0.1, 0.15) is 25.2 Å². The van der Waals surface area contributed by atoms with Crippen molar-refractivity contribution in [3.05, 3.63) is 54.0 Å². The summed E-state index contributed by atoms with van der Waals surface area (Å²) >= 11 is 0. The molecule has 0 aliphatic rings. The Morgan fingerprint density at radius 2 is 2.04 bits per heavy atom. The summed E-state index contributed by atoms with van der Waals surface area (Å²) in [5, 5.41) is 6.57. The highest BCUT2D eigenvalue weighted by Crippen LogP contribution is 2.13. The van der Waals surface area contributed by atoms with Crippen LogP contribution in [0.3, 0.4) is 0 Å². The van der Waals surface area contributed by atoms with Crippen LogP contribution < -0.4 is 15.4 Å². The van der Waals surface area contributed by atoms with Crippen LogP contribution in [0.25, 0.3) is 0 Å². The fraction of sp³-hybridized carbons (Fsp3) is 0.389. The van der Waals surface area contributed by atoms with Crippen LogP contribution >= 0.6 is 24.0 Å². The summed E-state index contributed by atoms with van der Waals surface area (Å²) in [7, 11) is 0. The van der Waals surface area contributed by atoms with E-state index in [0.29, 0.717) is 13.2 Å². The molecule has 1 aromatic carbocycles. The van der Waals surface area contributed by atoms with Gasteiger partial charge >= 0.3 is 0 Å². The zero-order valence-electron chi connectivity index (χ0n) is 14.2. The van der Waals surface area contributed by atoms with E-state index in [1.807, 2.05) is 37.3 Å². The molecule has 5 nitrogen and oxygen atoms in total. The first kappa shape index (κ1) is 20.3. The van der Waals surface area contributed by atoms with Crippen LogP contribution in [0.15, 0.2) is 52.1 Å². The number of furan rings is 1. The Balaban J connectivity index is 0.00000288. The van der Waals surface area contributed by atoms with Crippen molar-refractivity contribution in [1.29, 1.82) is 0 Å². The number of halogens is 1. The van der Waals surface area contributed by atoms with E-state index in [1.54, 1.807) is 6.26 Å². The van der Waals surface area contributed by atoms with E-state index < -0.39 is 0 Å². The number of aliphatic imine (C=N–C) groups is 1. The lowest BCUT2D eigenvalue weighted by molar-refractivity contribution is 0.340. The van der Waals surface area contributed by atoms with Gasteiger partial charge in [0.15, 0.2) is 5.96 Å². The minimum atomic E-state index is 0. The predicted octanol–water partition coefficient (Wildman–Crippen LogP) is 3.59. The first-order valence-electron chi connectivity index (χ1n) is 8.08. The van der Waals surface area contributed by atoms with Crippen molar-refractivity contribution in [2.75, 3.05) is 19.7 Å². The van der Waals surface area contributed by atoms with Gasteiger partial charge in [-0.2, -0.15) is 0 Å². The Morgan fingerprint density at radius 1 is 1.17 bits per heavy atom. The first-order valence-corrected chi connectivity index (χ1v) is 8.08. The van der Waals surface area contributed by atoms with E-state index in [1.165, 1.54) is 0 Å². The van der Waals surface area contributed by atoms with E-state index in [0.717, 1.165) is 42.5 Å². The molecule has 0 fully saturated rings. The number of nitrogens with zero attached hydrogens (tertiary/aromatic N) is 1. The second-order valence-corrected chi connectivity index (χ2v) is 5.03. The van der Waals surface area contributed by atoms with E-state index >= 15 is 0 Å². The van der Waals surface area contributed by atoms with Crippen LogP contribution in [-0.2, 0) is 13.0 Å². The molecule has 24 heavy (non-hydrogen) atoms. The lowest BCUT2D eigenvalue weighted by Crippen LogP contribution is -2.38. The molecular weight excluding hydrogens is 417 g/mol. The number of nitrogens with one attached hydrogen (secondary N) is 2. The highest BCUT2D eigenvalue weighted by atomic mass is 127. The van der Waals surface area contributed by atoms with Crippen LogP contribution in [0, 0.1) is 0 Å². The second kappa shape index (κ2) is 11.8. The van der Waals surface area contributed by atoms with Gasteiger partial charge in [0.2, 0.25) is 0 Å². The van der Waals surface area contributed by atoms with Crippen LogP contribution in [-0.4, -0.2) is 25.7 Å². The van der Waals surface area contributed by atoms with Gasteiger partial charge < -0.3 is 19.8 Å². The lowest BCUT2D eigenvalue weighted by Gasteiger charge is -2.11. The number of hydrogen-bond donors (Lipinski definition) is 2. The van der Waals surface area contributed by atoms with Gasteiger partial charge in [0.05, 0.1) is 19.4 Å². The molecule has 0 radical (unpaired) electrons. The number of benzene rings is 1.